The van der Waals surface area contributed by atoms with Gasteiger partial charge in [-0.1, -0.05) is 0 Å². The summed E-state index contributed by atoms with van der Waals surface area (Å²) in [5, 5.41) is 3.06. The second-order valence-corrected chi connectivity index (χ2v) is 3.51. The molecule has 1 atom stereocenters. The van der Waals surface area contributed by atoms with Gasteiger partial charge in [-0.15, -0.1) is 0 Å². The maximum absolute atomic E-state index is 13.3. The van der Waals surface area contributed by atoms with E-state index in [9.17, 15) is 8.78 Å². The van der Waals surface area contributed by atoms with Gasteiger partial charge in [0.15, 0.2) is 11.6 Å². The average Bonchev–Trinajstić information content (AvgIpc) is 2.71. The predicted octanol–water partition coefficient (Wildman–Crippen LogP) is 1.29. The molecule has 1 aliphatic heterocycles. The largest absolute Gasteiger partial charge is 0.484 e. The highest BCUT2D eigenvalue weighted by atomic mass is 19.2. The lowest BCUT2D eigenvalue weighted by Gasteiger charge is -2.15. The minimum absolute atomic E-state index is 0.126. The van der Waals surface area contributed by atoms with Crippen LogP contribution in [0.25, 0.3) is 0 Å². The fraction of sp³-hybridized carbons (Fsp3) is 0.400. The zero-order valence-electron chi connectivity index (χ0n) is 8.09. The van der Waals surface area contributed by atoms with E-state index in [1.807, 2.05) is 0 Å². The zero-order valence-corrected chi connectivity index (χ0v) is 8.09. The number of rotatable bonds is 2. The van der Waals surface area contributed by atoms with Crippen LogP contribution in [-0.2, 0) is 0 Å². The second-order valence-electron chi connectivity index (χ2n) is 3.51. The summed E-state index contributed by atoms with van der Waals surface area (Å²) in [4.78, 5) is 0. The van der Waals surface area contributed by atoms with Crippen molar-refractivity contribution in [2.75, 3.05) is 18.8 Å². The third kappa shape index (κ3) is 2.02. The van der Waals surface area contributed by atoms with Crippen molar-refractivity contribution in [3.63, 3.8) is 0 Å². The summed E-state index contributed by atoms with van der Waals surface area (Å²) in [5.41, 5.74) is 5.64. The monoisotopic (exact) mass is 214 g/mol. The number of hydrogen-bond acceptors (Lipinski definition) is 3. The van der Waals surface area contributed by atoms with Crippen molar-refractivity contribution in [1.29, 1.82) is 0 Å². The summed E-state index contributed by atoms with van der Waals surface area (Å²) in [6.45, 7) is 1.46. The van der Waals surface area contributed by atoms with Crippen molar-refractivity contribution in [2.24, 2.45) is 0 Å². The lowest BCUT2D eigenvalue weighted by molar-refractivity contribution is 0.212. The molecule has 0 aliphatic carbocycles. The van der Waals surface area contributed by atoms with E-state index in [-0.39, 0.29) is 17.5 Å². The SMILES string of the molecule is Nc1ccc(F)c(F)c1OC1CCNC1. The third-order valence-corrected chi connectivity index (χ3v) is 2.38. The molecule has 1 saturated heterocycles. The molecule has 1 aromatic rings. The molecule has 0 saturated carbocycles. The van der Waals surface area contributed by atoms with E-state index in [0.29, 0.717) is 6.54 Å². The first-order valence-corrected chi connectivity index (χ1v) is 4.79. The lowest BCUT2D eigenvalue weighted by atomic mass is 10.2. The number of halogens is 2. The summed E-state index contributed by atoms with van der Waals surface area (Å²) in [6.07, 6.45) is 0.638. The standard InChI is InChI=1S/C10H12F2N2O/c11-7-1-2-8(13)10(9(7)12)15-6-3-4-14-5-6/h1-2,6,14H,3-5,13H2. The van der Waals surface area contributed by atoms with E-state index in [1.165, 1.54) is 6.07 Å². The number of nitrogen functional groups attached to an aromatic ring is 1. The van der Waals surface area contributed by atoms with E-state index >= 15 is 0 Å². The zero-order chi connectivity index (χ0) is 10.8. The Labute approximate surface area is 86.2 Å². The summed E-state index contributed by atoms with van der Waals surface area (Å²) in [6, 6.07) is 2.29. The molecule has 0 spiro atoms. The molecule has 1 unspecified atom stereocenters. The van der Waals surface area contributed by atoms with Gasteiger partial charge in [0, 0.05) is 6.54 Å². The van der Waals surface area contributed by atoms with Crippen LogP contribution in [0.1, 0.15) is 6.42 Å². The molecule has 0 aromatic heterocycles. The van der Waals surface area contributed by atoms with E-state index in [1.54, 1.807) is 0 Å². The predicted molar refractivity (Wildman–Crippen MR) is 52.7 cm³/mol. The van der Waals surface area contributed by atoms with Crippen molar-refractivity contribution in [2.45, 2.75) is 12.5 Å². The Bertz CT molecular complexity index is 365. The van der Waals surface area contributed by atoms with Gasteiger partial charge in [-0.2, -0.15) is 4.39 Å². The Morgan fingerprint density at radius 1 is 1.40 bits per heavy atom. The second kappa shape index (κ2) is 4.02. The molecule has 3 N–H and O–H groups in total. The molecule has 5 heteroatoms. The highest BCUT2D eigenvalue weighted by Gasteiger charge is 2.20. The molecule has 1 heterocycles. The van der Waals surface area contributed by atoms with Crippen molar-refractivity contribution in [3.05, 3.63) is 23.8 Å². The van der Waals surface area contributed by atoms with E-state index in [2.05, 4.69) is 5.32 Å². The first-order valence-electron chi connectivity index (χ1n) is 4.79. The number of ether oxygens (including phenoxy) is 1. The Morgan fingerprint density at radius 3 is 2.87 bits per heavy atom. The topological polar surface area (TPSA) is 47.3 Å². The van der Waals surface area contributed by atoms with Crippen molar-refractivity contribution < 1.29 is 13.5 Å². The van der Waals surface area contributed by atoms with Crippen molar-refractivity contribution in [3.8, 4) is 5.75 Å². The van der Waals surface area contributed by atoms with Crippen LogP contribution in [-0.4, -0.2) is 19.2 Å². The lowest BCUT2D eigenvalue weighted by Crippen LogP contribution is -2.21. The molecular formula is C10H12F2N2O. The van der Waals surface area contributed by atoms with Gasteiger partial charge in [0.05, 0.1) is 5.69 Å². The quantitative estimate of drug-likeness (QED) is 0.729. The number of nitrogens with one attached hydrogen (secondary N) is 1. The maximum Gasteiger partial charge on any atom is 0.202 e. The Kier molecular flexibility index (Phi) is 2.73. The van der Waals surface area contributed by atoms with Crippen molar-refractivity contribution >= 4 is 5.69 Å². The highest BCUT2D eigenvalue weighted by molar-refractivity contribution is 5.53. The van der Waals surface area contributed by atoms with Gasteiger partial charge in [0.1, 0.15) is 6.10 Å². The Balaban J connectivity index is 2.22. The van der Waals surface area contributed by atoms with E-state index < -0.39 is 11.6 Å². The van der Waals surface area contributed by atoms with Gasteiger partial charge in [0.25, 0.3) is 0 Å². The number of benzene rings is 1. The Morgan fingerprint density at radius 2 is 2.20 bits per heavy atom. The van der Waals surface area contributed by atoms with Crippen LogP contribution in [0.2, 0.25) is 0 Å². The van der Waals surface area contributed by atoms with Gasteiger partial charge in [-0.05, 0) is 25.1 Å². The van der Waals surface area contributed by atoms with E-state index in [4.69, 9.17) is 10.5 Å². The molecule has 1 aliphatic rings. The Hall–Kier alpha value is -1.36. The smallest absolute Gasteiger partial charge is 0.202 e. The first kappa shape index (κ1) is 10.2. The molecule has 82 valence electrons. The fourth-order valence-corrected chi connectivity index (χ4v) is 1.56. The van der Waals surface area contributed by atoms with Crippen LogP contribution >= 0.6 is 0 Å². The van der Waals surface area contributed by atoms with Crippen LogP contribution in [0.3, 0.4) is 0 Å². The van der Waals surface area contributed by atoms with Gasteiger partial charge < -0.3 is 15.8 Å². The van der Waals surface area contributed by atoms with Crippen molar-refractivity contribution in [1.82, 2.24) is 5.32 Å². The van der Waals surface area contributed by atoms with Crippen LogP contribution in [0.4, 0.5) is 14.5 Å². The molecule has 1 fully saturated rings. The van der Waals surface area contributed by atoms with E-state index in [0.717, 1.165) is 19.0 Å². The summed E-state index contributed by atoms with van der Waals surface area (Å²) < 4.78 is 31.5. The fourth-order valence-electron chi connectivity index (χ4n) is 1.56. The molecule has 0 amide bonds. The number of hydrogen-bond donors (Lipinski definition) is 2. The molecule has 0 radical (unpaired) electrons. The average molecular weight is 214 g/mol. The van der Waals surface area contributed by atoms with Gasteiger partial charge in [-0.3, -0.25) is 0 Å². The highest BCUT2D eigenvalue weighted by Crippen LogP contribution is 2.28. The van der Waals surface area contributed by atoms with Gasteiger partial charge >= 0.3 is 0 Å². The molecule has 1 aromatic carbocycles. The molecule has 2 rings (SSSR count). The molecule has 15 heavy (non-hydrogen) atoms. The molecular weight excluding hydrogens is 202 g/mol. The van der Waals surface area contributed by atoms with Gasteiger partial charge in [0.2, 0.25) is 5.82 Å². The summed E-state index contributed by atoms with van der Waals surface area (Å²) in [5.74, 6) is -2.13. The molecule has 3 nitrogen and oxygen atoms in total. The van der Waals surface area contributed by atoms with Gasteiger partial charge in [-0.25, -0.2) is 4.39 Å². The molecule has 0 bridgehead atoms. The summed E-state index contributed by atoms with van der Waals surface area (Å²) >= 11 is 0. The first-order chi connectivity index (χ1) is 7.18. The minimum Gasteiger partial charge on any atom is -0.484 e. The van der Waals surface area contributed by atoms with Crippen LogP contribution < -0.4 is 15.8 Å². The number of nitrogens with two attached hydrogens (primary N) is 1. The maximum atomic E-state index is 13.3. The van der Waals surface area contributed by atoms with Crippen LogP contribution in [0.5, 0.6) is 5.75 Å². The van der Waals surface area contributed by atoms with Crippen LogP contribution in [0.15, 0.2) is 12.1 Å². The third-order valence-electron chi connectivity index (χ3n) is 2.38. The van der Waals surface area contributed by atoms with Crippen LogP contribution in [0, 0.1) is 11.6 Å². The normalized spacial score (nSPS) is 20.5. The summed E-state index contributed by atoms with van der Waals surface area (Å²) in [7, 11) is 0. The minimum atomic E-state index is -1.01. The number of anilines is 1.